The standard InChI is InChI=1S/C13H9Cl2F3N2/c14-8-3-1-6(5-9(8)15)13(20-19)7-2-4-10(16)12(18)11(7)17/h1-5,13,20H,19H2. The van der Waals surface area contributed by atoms with Gasteiger partial charge >= 0.3 is 0 Å². The van der Waals surface area contributed by atoms with Gasteiger partial charge in [0.15, 0.2) is 17.5 Å². The fourth-order valence-corrected chi connectivity index (χ4v) is 2.13. The van der Waals surface area contributed by atoms with Crippen LogP contribution in [-0.4, -0.2) is 0 Å². The zero-order valence-corrected chi connectivity index (χ0v) is 11.4. The number of benzene rings is 2. The Kier molecular flexibility index (Phi) is 4.55. The van der Waals surface area contributed by atoms with Gasteiger partial charge in [0, 0.05) is 5.56 Å². The van der Waals surface area contributed by atoms with E-state index in [1.165, 1.54) is 12.1 Å². The van der Waals surface area contributed by atoms with Crippen molar-refractivity contribution in [3.8, 4) is 0 Å². The molecule has 2 nitrogen and oxygen atoms in total. The molecule has 0 spiro atoms. The second-order valence-electron chi connectivity index (χ2n) is 4.04. The Balaban J connectivity index is 2.52. The fraction of sp³-hybridized carbons (Fsp3) is 0.0769. The maximum Gasteiger partial charge on any atom is 0.194 e. The number of nitrogens with two attached hydrogens (primary N) is 1. The maximum absolute atomic E-state index is 13.8. The molecule has 2 aromatic carbocycles. The molecule has 2 aromatic rings. The molecule has 1 unspecified atom stereocenters. The van der Waals surface area contributed by atoms with E-state index >= 15 is 0 Å². The molecular weight excluding hydrogens is 312 g/mol. The van der Waals surface area contributed by atoms with Gasteiger partial charge in [0.2, 0.25) is 0 Å². The van der Waals surface area contributed by atoms with Crippen LogP contribution in [0.4, 0.5) is 13.2 Å². The third-order valence-corrected chi connectivity index (χ3v) is 3.56. The van der Waals surface area contributed by atoms with Crippen LogP contribution < -0.4 is 11.3 Å². The summed E-state index contributed by atoms with van der Waals surface area (Å²) >= 11 is 11.7. The first kappa shape index (κ1) is 15.1. The molecule has 0 saturated heterocycles. The van der Waals surface area contributed by atoms with E-state index in [1.807, 2.05) is 0 Å². The quantitative estimate of drug-likeness (QED) is 0.510. The highest BCUT2D eigenvalue weighted by Crippen LogP contribution is 2.30. The van der Waals surface area contributed by atoms with Gasteiger partial charge in [-0.15, -0.1) is 0 Å². The van der Waals surface area contributed by atoms with Crippen molar-refractivity contribution in [2.24, 2.45) is 5.84 Å². The van der Waals surface area contributed by atoms with Gasteiger partial charge in [0.05, 0.1) is 16.1 Å². The summed E-state index contributed by atoms with van der Waals surface area (Å²) in [7, 11) is 0. The van der Waals surface area contributed by atoms with E-state index < -0.39 is 23.5 Å². The average molecular weight is 321 g/mol. The van der Waals surface area contributed by atoms with E-state index in [2.05, 4.69) is 5.43 Å². The molecule has 3 N–H and O–H groups in total. The lowest BCUT2D eigenvalue weighted by Gasteiger charge is -2.18. The summed E-state index contributed by atoms with van der Waals surface area (Å²) in [5.41, 5.74) is 2.67. The van der Waals surface area contributed by atoms with E-state index in [1.54, 1.807) is 6.07 Å². The van der Waals surface area contributed by atoms with Crippen LogP contribution in [0.5, 0.6) is 0 Å². The van der Waals surface area contributed by atoms with Crippen LogP contribution in [0.2, 0.25) is 10.0 Å². The van der Waals surface area contributed by atoms with Gasteiger partial charge in [-0.3, -0.25) is 5.84 Å². The van der Waals surface area contributed by atoms with Crippen molar-refractivity contribution in [1.82, 2.24) is 5.43 Å². The Morgan fingerprint density at radius 3 is 2.25 bits per heavy atom. The average Bonchev–Trinajstić information content (AvgIpc) is 2.43. The topological polar surface area (TPSA) is 38.0 Å². The van der Waals surface area contributed by atoms with Crippen molar-refractivity contribution >= 4 is 23.2 Å². The third kappa shape index (κ3) is 2.76. The molecular formula is C13H9Cl2F3N2. The molecule has 0 bridgehead atoms. The number of rotatable bonds is 3. The summed E-state index contributed by atoms with van der Waals surface area (Å²) in [4.78, 5) is 0. The van der Waals surface area contributed by atoms with Crippen LogP contribution in [0.1, 0.15) is 17.2 Å². The number of nitrogens with one attached hydrogen (secondary N) is 1. The Labute approximate surface area is 123 Å². The predicted molar refractivity (Wildman–Crippen MR) is 71.9 cm³/mol. The van der Waals surface area contributed by atoms with E-state index in [4.69, 9.17) is 29.0 Å². The van der Waals surface area contributed by atoms with E-state index in [0.29, 0.717) is 10.6 Å². The third-order valence-electron chi connectivity index (χ3n) is 2.82. The molecule has 0 aliphatic carbocycles. The molecule has 0 aromatic heterocycles. The summed E-state index contributed by atoms with van der Waals surface area (Å²) in [5.74, 6) is 1.25. The Morgan fingerprint density at radius 1 is 0.950 bits per heavy atom. The largest absolute Gasteiger partial charge is 0.271 e. The first-order chi connectivity index (χ1) is 9.45. The van der Waals surface area contributed by atoms with Crippen molar-refractivity contribution < 1.29 is 13.2 Å². The minimum atomic E-state index is -1.55. The number of hydrazine groups is 1. The molecule has 7 heteroatoms. The van der Waals surface area contributed by atoms with Gasteiger partial charge in [0.1, 0.15) is 0 Å². The maximum atomic E-state index is 13.8. The number of hydrogen-bond acceptors (Lipinski definition) is 2. The van der Waals surface area contributed by atoms with Crippen molar-refractivity contribution in [1.29, 1.82) is 0 Å². The first-order valence-corrected chi connectivity index (χ1v) is 6.25. The SMILES string of the molecule is NNC(c1ccc(Cl)c(Cl)c1)c1ccc(F)c(F)c1F. The predicted octanol–water partition coefficient (Wildman–Crippen LogP) is 3.96. The van der Waals surface area contributed by atoms with Crippen molar-refractivity contribution in [3.63, 3.8) is 0 Å². The first-order valence-electron chi connectivity index (χ1n) is 5.50. The molecule has 0 aliphatic rings. The normalized spacial score (nSPS) is 12.5. The van der Waals surface area contributed by atoms with Crippen molar-refractivity contribution in [2.75, 3.05) is 0 Å². The summed E-state index contributed by atoms with van der Waals surface area (Å²) < 4.78 is 40.0. The van der Waals surface area contributed by atoms with Gasteiger partial charge in [-0.05, 0) is 23.8 Å². The lowest BCUT2D eigenvalue weighted by Crippen LogP contribution is -2.29. The monoisotopic (exact) mass is 320 g/mol. The zero-order chi connectivity index (χ0) is 14.9. The van der Waals surface area contributed by atoms with Gasteiger partial charge < -0.3 is 0 Å². The van der Waals surface area contributed by atoms with Gasteiger partial charge in [-0.1, -0.05) is 35.3 Å². The van der Waals surface area contributed by atoms with Crippen LogP contribution in [0.25, 0.3) is 0 Å². The minimum Gasteiger partial charge on any atom is -0.271 e. The summed E-state index contributed by atoms with van der Waals surface area (Å²) in [6.07, 6.45) is 0. The summed E-state index contributed by atoms with van der Waals surface area (Å²) in [6.45, 7) is 0. The van der Waals surface area contributed by atoms with Gasteiger partial charge in [-0.2, -0.15) is 0 Å². The molecule has 0 amide bonds. The lowest BCUT2D eigenvalue weighted by atomic mass is 9.98. The Bertz CT molecular complexity index is 650. The number of hydrogen-bond donors (Lipinski definition) is 2. The second-order valence-corrected chi connectivity index (χ2v) is 4.85. The molecule has 0 saturated carbocycles. The molecule has 2 rings (SSSR count). The van der Waals surface area contributed by atoms with Crippen molar-refractivity contribution in [2.45, 2.75) is 6.04 Å². The molecule has 1 atom stereocenters. The Hall–Kier alpha value is -1.27. The second kappa shape index (κ2) is 6.01. The van der Waals surface area contributed by atoms with Crippen LogP contribution >= 0.6 is 23.2 Å². The van der Waals surface area contributed by atoms with E-state index in [0.717, 1.165) is 12.1 Å². The van der Waals surface area contributed by atoms with Gasteiger partial charge in [-0.25, -0.2) is 18.6 Å². The molecule has 0 fully saturated rings. The summed E-state index contributed by atoms with van der Waals surface area (Å²) in [5, 5.41) is 0.560. The highest BCUT2D eigenvalue weighted by atomic mass is 35.5. The van der Waals surface area contributed by atoms with Crippen LogP contribution in [0, 0.1) is 17.5 Å². The molecule has 0 radical (unpaired) electrons. The molecule has 0 heterocycles. The van der Waals surface area contributed by atoms with Crippen LogP contribution in [0.15, 0.2) is 30.3 Å². The molecule has 106 valence electrons. The lowest BCUT2D eigenvalue weighted by molar-refractivity contribution is 0.433. The zero-order valence-electron chi connectivity index (χ0n) is 9.93. The van der Waals surface area contributed by atoms with E-state index in [-0.39, 0.29) is 10.6 Å². The molecule has 20 heavy (non-hydrogen) atoms. The Morgan fingerprint density at radius 2 is 1.65 bits per heavy atom. The smallest absolute Gasteiger partial charge is 0.194 e. The number of halogens is 5. The fourth-order valence-electron chi connectivity index (χ4n) is 1.82. The van der Waals surface area contributed by atoms with Crippen LogP contribution in [0.3, 0.4) is 0 Å². The highest BCUT2D eigenvalue weighted by Gasteiger charge is 2.22. The minimum absolute atomic E-state index is 0.134. The molecule has 0 aliphatic heterocycles. The van der Waals surface area contributed by atoms with Crippen LogP contribution in [-0.2, 0) is 0 Å². The highest BCUT2D eigenvalue weighted by molar-refractivity contribution is 6.42. The summed E-state index contributed by atoms with van der Waals surface area (Å²) in [6, 6.07) is 5.58. The van der Waals surface area contributed by atoms with E-state index in [9.17, 15) is 13.2 Å². The van der Waals surface area contributed by atoms with Crippen molar-refractivity contribution in [3.05, 3.63) is 69.0 Å². The van der Waals surface area contributed by atoms with Gasteiger partial charge in [0.25, 0.3) is 0 Å².